The molecule has 2 rings (SSSR count). The number of hydrazine groups is 1. The maximum absolute atomic E-state index is 12.1. The van der Waals surface area contributed by atoms with Crippen LogP contribution in [-0.2, 0) is 0 Å². The second-order valence-corrected chi connectivity index (χ2v) is 4.97. The van der Waals surface area contributed by atoms with Gasteiger partial charge in [-0.1, -0.05) is 13.8 Å². The molecule has 0 radical (unpaired) electrons. The molecule has 0 aliphatic carbocycles. The summed E-state index contributed by atoms with van der Waals surface area (Å²) in [7, 11) is 1.82. The largest absolute Gasteiger partial charge is 0.338 e. The third-order valence-electron chi connectivity index (χ3n) is 2.84. The standard InChI is InChI=1S/C11H19N5O/c1-8(2)5-15(3)11(17)16-6-9-4-12-7-13-10(9)14-16/h7-9H,4-6H2,1-3H3,(H,12,13,14). The summed E-state index contributed by atoms with van der Waals surface area (Å²) in [5, 5.41) is 1.63. The smallest absolute Gasteiger partial charge is 0.326 e. The second-order valence-electron chi connectivity index (χ2n) is 4.97. The van der Waals surface area contributed by atoms with Crippen molar-refractivity contribution in [2.24, 2.45) is 21.8 Å². The molecule has 0 aromatic carbocycles. The molecule has 1 fully saturated rings. The van der Waals surface area contributed by atoms with Crippen LogP contribution >= 0.6 is 0 Å². The van der Waals surface area contributed by atoms with Crippen LogP contribution in [0, 0.1) is 11.8 Å². The maximum atomic E-state index is 12.1. The van der Waals surface area contributed by atoms with E-state index >= 15 is 0 Å². The topological polar surface area (TPSA) is 60.3 Å². The summed E-state index contributed by atoms with van der Waals surface area (Å²) in [6, 6.07) is -0.00389. The second kappa shape index (κ2) is 4.73. The molecule has 1 N–H and O–H groups in total. The molecule has 1 saturated heterocycles. The summed E-state index contributed by atoms with van der Waals surface area (Å²) in [6.45, 7) is 6.31. The van der Waals surface area contributed by atoms with Gasteiger partial charge < -0.3 is 4.90 Å². The van der Waals surface area contributed by atoms with Crippen LogP contribution in [0.3, 0.4) is 0 Å². The van der Waals surface area contributed by atoms with Gasteiger partial charge in [0.1, 0.15) is 12.2 Å². The Bertz CT molecular complexity index is 363. The molecule has 2 amide bonds. The molecule has 1 atom stereocenters. The minimum atomic E-state index is -0.00389. The number of nitrogens with one attached hydrogen (secondary N) is 1. The van der Waals surface area contributed by atoms with Crippen LogP contribution in [0.25, 0.3) is 0 Å². The fourth-order valence-corrected chi connectivity index (χ4v) is 2.10. The van der Waals surface area contributed by atoms with Crippen LogP contribution < -0.4 is 5.43 Å². The lowest BCUT2D eigenvalue weighted by Gasteiger charge is -2.25. The summed E-state index contributed by atoms with van der Waals surface area (Å²) in [5.41, 5.74) is 3.05. The zero-order chi connectivity index (χ0) is 12.4. The number of hydrogen-bond acceptors (Lipinski definition) is 4. The quantitative estimate of drug-likeness (QED) is 0.763. The van der Waals surface area contributed by atoms with E-state index in [9.17, 15) is 4.79 Å². The Morgan fingerprint density at radius 2 is 2.47 bits per heavy atom. The van der Waals surface area contributed by atoms with E-state index in [2.05, 4.69) is 29.3 Å². The molecule has 0 aromatic heterocycles. The van der Waals surface area contributed by atoms with Crippen molar-refractivity contribution in [3.63, 3.8) is 0 Å². The van der Waals surface area contributed by atoms with Crippen LogP contribution in [0.15, 0.2) is 9.98 Å². The molecule has 2 heterocycles. The van der Waals surface area contributed by atoms with Gasteiger partial charge in [-0.25, -0.2) is 14.8 Å². The van der Waals surface area contributed by atoms with Gasteiger partial charge in [-0.05, 0) is 5.92 Å². The van der Waals surface area contributed by atoms with Gasteiger partial charge in [0.25, 0.3) is 0 Å². The van der Waals surface area contributed by atoms with E-state index in [4.69, 9.17) is 0 Å². The van der Waals surface area contributed by atoms with Gasteiger partial charge >= 0.3 is 6.03 Å². The monoisotopic (exact) mass is 237 g/mol. The Labute approximate surface area is 101 Å². The number of fused-ring (bicyclic) bond motifs is 1. The minimum absolute atomic E-state index is 0.00389. The van der Waals surface area contributed by atoms with E-state index in [-0.39, 0.29) is 11.9 Å². The number of amidine groups is 1. The lowest BCUT2D eigenvalue weighted by molar-refractivity contribution is 0.153. The van der Waals surface area contributed by atoms with Crippen molar-refractivity contribution in [3.8, 4) is 0 Å². The first-order valence-corrected chi connectivity index (χ1v) is 5.93. The van der Waals surface area contributed by atoms with Crippen molar-refractivity contribution in [2.75, 3.05) is 26.7 Å². The number of carbonyl (C=O) groups excluding carboxylic acids is 1. The molecular weight excluding hydrogens is 218 g/mol. The van der Waals surface area contributed by atoms with Gasteiger partial charge in [0.15, 0.2) is 0 Å². The van der Waals surface area contributed by atoms with Gasteiger partial charge in [0, 0.05) is 13.6 Å². The van der Waals surface area contributed by atoms with Crippen molar-refractivity contribution in [2.45, 2.75) is 13.8 Å². The summed E-state index contributed by atoms with van der Waals surface area (Å²) in [5.74, 6) is 1.55. The third kappa shape index (κ3) is 2.57. The molecule has 6 nitrogen and oxygen atoms in total. The van der Waals surface area contributed by atoms with E-state index in [1.54, 1.807) is 16.2 Å². The summed E-state index contributed by atoms with van der Waals surface area (Å²) in [6.07, 6.45) is 1.55. The first-order valence-electron chi connectivity index (χ1n) is 5.93. The SMILES string of the molecule is CC(C)CN(C)C(=O)N1CC2CN=CN=C2N1. The van der Waals surface area contributed by atoms with Crippen LogP contribution in [0.4, 0.5) is 4.79 Å². The number of hydrogen-bond donors (Lipinski definition) is 1. The number of rotatable bonds is 2. The van der Waals surface area contributed by atoms with Gasteiger partial charge in [0.05, 0.1) is 19.0 Å². The first kappa shape index (κ1) is 11.9. The molecule has 2 aliphatic rings. The summed E-state index contributed by atoms with van der Waals surface area (Å²) in [4.78, 5) is 22.1. The maximum Gasteiger partial charge on any atom is 0.338 e. The Morgan fingerprint density at radius 3 is 3.12 bits per heavy atom. The average Bonchev–Trinajstić information content (AvgIpc) is 2.70. The Hall–Kier alpha value is -1.59. The van der Waals surface area contributed by atoms with Crippen LogP contribution in [-0.4, -0.2) is 54.8 Å². The molecule has 94 valence electrons. The van der Waals surface area contributed by atoms with E-state index < -0.39 is 0 Å². The molecule has 17 heavy (non-hydrogen) atoms. The predicted octanol–water partition coefficient (Wildman–Crippen LogP) is 0.571. The highest BCUT2D eigenvalue weighted by Crippen LogP contribution is 2.14. The number of carbonyl (C=O) groups is 1. The van der Waals surface area contributed by atoms with Crippen LogP contribution in [0.5, 0.6) is 0 Å². The van der Waals surface area contributed by atoms with Crippen molar-refractivity contribution in [3.05, 3.63) is 0 Å². The van der Waals surface area contributed by atoms with Crippen LogP contribution in [0.1, 0.15) is 13.8 Å². The van der Waals surface area contributed by atoms with Crippen molar-refractivity contribution in [1.29, 1.82) is 0 Å². The van der Waals surface area contributed by atoms with Gasteiger partial charge in [-0.3, -0.25) is 10.4 Å². The lowest BCUT2D eigenvalue weighted by atomic mass is 10.1. The number of nitrogens with zero attached hydrogens (tertiary/aromatic N) is 4. The Kier molecular flexibility index (Phi) is 3.31. The highest BCUT2D eigenvalue weighted by atomic mass is 16.2. The molecule has 1 unspecified atom stereocenters. The van der Waals surface area contributed by atoms with Gasteiger partial charge in [0.2, 0.25) is 0 Å². The summed E-state index contributed by atoms with van der Waals surface area (Å²) < 4.78 is 0. The number of amides is 2. The van der Waals surface area contributed by atoms with Crippen LogP contribution in [0.2, 0.25) is 0 Å². The highest BCUT2D eigenvalue weighted by Gasteiger charge is 2.33. The van der Waals surface area contributed by atoms with Crippen molar-refractivity contribution in [1.82, 2.24) is 15.3 Å². The first-order chi connectivity index (χ1) is 8.08. The van der Waals surface area contributed by atoms with Gasteiger partial charge in [-0.15, -0.1) is 0 Å². The lowest BCUT2D eigenvalue weighted by Crippen LogP contribution is -2.46. The molecule has 0 spiro atoms. The molecule has 0 bridgehead atoms. The van der Waals surface area contributed by atoms with E-state index in [1.165, 1.54) is 0 Å². The Morgan fingerprint density at radius 1 is 1.71 bits per heavy atom. The minimum Gasteiger partial charge on any atom is -0.326 e. The molecule has 0 aromatic rings. The fourth-order valence-electron chi connectivity index (χ4n) is 2.10. The third-order valence-corrected chi connectivity index (χ3v) is 2.84. The zero-order valence-electron chi connectivity index (χ0n) is 10.6. The summed E-state index contributed by atoms with van der Waals surface area (Å²) >= 11 is 0. The van der Waals surface area contributed by atoms with E-state index in [0.29, 0.717) is 19.0 Å². The highest BCUT2D eigenvalue weighted by molar-refractivity contribution is 5.95. The average molecular weight is 237 g/mol. The van der Waals surface area contributed by atoms with E-state index in [1.807, 2.05) is 7.05 Å². The predicted molar refractivity (Wildman–Crippen MR) is 67.0 cm³/mol. The van der Waals surface area contributed by atoms with Crippen molar-refractivity contribution < 1.29 is 4.79 Å². The number of urea groups is 1. The normalized spacial score (nSPS) is 22.2. The van der Waals surface area contributed by atoms with Gasteiger partial charge in [-0.2, -0.15) is 0 Å². The molecule has 6 heteroatoms. The van der Waals surface area contributed by atoms with E-state index in [0.717, 1.165) is 12.4 Å². The molecule has 0 saturated carbocycles. The fraction of sp³-hybridized carbons (Fsp3) is 0.727. The zero-order valence-corrected chi connectivity index (χ0v) is 10.6. The Balaban J connectivity index is 1.94. The number of aliphatic imine (C=N–C) groups is 2. The van der Waals surface area contributed by atoms with Crippen molar-refractivity contribution >= 4 is 18.2 Å². The molecule has 2 aliphatic heterocycles. The molecular formula is C11H19N5O.